The van der Waals surface area contributed by atoms with Gasteiger partial charge in [0.1, 0.15) is 0 Å². The molecule has 2 rings (SSSR count). The number of hydrogen-bond acceptors (Lipinski definition) is 3. The lowest BCUT2D eigenvalue weighted by Gasteiger charge is -1.97. The van der Waals surface area contributed by atoms with E-state index < -0.39 is 0 Å². The first-order valence-corrected chi connectivity index (χ1v) is 4.05. The molecule has 0 spiro atoms. The molecular weight excluding hydrogens is 166 g/mol. The van der Waals surface area contributed by atoms with Crippen LogP contribution in [0.4, 0.5) is 0 Å². The number of benzene rings is 1. The maximum Gasteiger partial charge on any atom is 0.346 e. The van der Waals surface area contributed by atoms with Gasteiger partial charge in [-0.25, -0.2) is 9.78 Å². The molecule has 0 radical (unpaired) electrons. The summed E-state index contributed by atoms with van der Waals surface area (Å²) in [7, 11) is 0. The third kappa shape index (κ3) is 1.33. The van der Waals surface area contributed by atoms with E-state index in [1.165, 1.54) is 0 Å². The number of aromatic nitrogens is 1. The van der Waals surface area contributed by atoms with Crippen molar-refractivity contribution in [3.8, 4) is 0 Å². The summed E-state index contributed by atoms with van der Waals surface area (Å²) in [5.41, 5.74) is 1.47. The Kier molecular flexibility index (Phi) is 1.65. The number of fused-ring (bicyclic) bond motifs is 1. The normalized spacial score (nSPS) is 10.6. The Balaban J connectivity index is 2.95. The molecule has 0 bridgehead atoms. The highest BCUT2D eigenvalue weighted by molar-refractivity contribution is 5.77. The zero-order valence-electron chi connectivity index (χ0n) is 7.50. The van der Waals surface area contributed by atoms with Gasteiger partial charge in [-0.05, 0) is 24.6 Å². The predicted octanol–water partition coefficient (Wildman–Crippen LogP) is 1.80. The van der Waals surface area contributed by atoms with Crippen LogP contribution in [-0.2, 0) is 0 Å². The molecule has 1 aromatic heterocycles. The van der Waals surface area contributed by atoms with Gasteiger partial charge in [0.15, 0.2) is 5.89 Å². The fourth-order valence-corrected chi connectivity index (χ4v) is 1.29. The molecule has 2 aromatic rings. The topological polar surface area (TPSA) is 43.1 Å². The fraction of sp³-hybridized carbons (Fsp3) is 0.200. The van der Waals surface area contributed by atoms with Crippen LogP contribution in [-0.4, -0.2) is 4.98 Å². The first kappa shape index (κ1) is 7.98. The molecule has 0 fully saturated rings. The van der Waals surface area contributed by atoms with E-state index in [0.29, 0.717) is 16.8 Å². The van der Waals surface area contributed by atoms with Gasteiger partial charge >= 0.3 is 5.63 Å². The third-order valence-electron chi connectivity index (χ3n) is 1.89. The fourth-order valence-electron chi connectivity index (χ4n) is 1.29. The van der Waals surface area contributed by atoms with Gasteiger partial charge in [-0.3, -0.25) is 0 Å². The van der Waals surface area contributed by atoms with E-state index in [9.17, 15) is 4.79 Å². The molecule has 0 aliphatic carbocycles. The van der Waals surface area contributed by atoms with Crippen molar-refractivity contribution in [1.29, 1.82) is 0 Å². The maximum atomic E-state index is 11.3. The summed E-state index contributed by atoms with van der Waals surface area (Å²) in [6.45, 7) is 3.63. The number of hydrogen-bond donors (Lipinski definition) is 0. The molecule has 1 aromatic carbocycles. The summed E-state index contributed by atoms with van der Waals surface area (Å²) >= 11 is 0. The number of aryl methyl sites for hydroxylation is 2. The number of nitrogens with zero attached hydrogens (tertiary/aromatic N) is 1. The van der Waals surface area contributed by atoms with Crippen molar-refractivity contribution >= 4 is 10.9 Å². The third-order valence-corrected chi connectivity index (χ3v) is 1.89. The highest BCUT2D eigenvalue weighted by atomic mass is 16.4. The molecule has 0 amide bonds. The lowest BCUT2D eigenvalue weighted by Crippen LogP contribution is -2.02. The second kappa shape index (κ2) is 2.69. The molecule has 13 heavy (non-hydrogen) atoms. The van der Waals surface area contributed by atoms with Crippen LogP contribution >= 0.6 is 0 Å². The van der Waals surface area contributed by atoms with Gasteiger partial charge in [-0.1, -0.05) is 6.07 Å². The second-order valence-corrected chi connectivity index (χ2v) is 3.04. The van der Waals surface area contributed by atoms with Gasteiger partial charge in [0.2, 0.25) is 0 Å². The van der Waals surface area contributed by atoms with Gasteiger partial charge in [0.05, 0.1) is 10.9 Å². The summed E-state index contributed by atoms with van der Waals surface area (Å²) in [5.74, 6) is 0.406. The molecule has 0 unspecified atom stereocenters. The van der Waals surface area contributed by atoms with E-state index in [0.717, 1.165) is 5.56 Å². The summed E-state index contributed by atoms with van der Waals surface area (Å²) in [6.07, 6.45) is 0. The summed E-state index contributed by atoms with van der Waals surface area (Å²) in [6, 6.07) is 5.48. The summed E-state index contributed by atoms with van der Waals surface area (Å²) in [4.78, 5) is 15.4. The van der Waals surface area contributed by atoms with Crippen LogP contribution in [0.15, 0.2) is 27.4 Å². The van der Waals surface area contributed by atoms with E-state index in [4.69, 9.17) is 4.42 Å². The van der Waals surface area contributed by atoms with Gasteiger partial charge in [-0.2, -0.15) is 0 Å². The van der Waals surface area contributed by atoms with E-state index in [2.05, 4.69) is 4.98 Å². The van der Waals surface area contributed by atoms with Crippen LogP contribution in [0.3, 0.4) is 0 Å². The van der Waals surface area contributed by atoms with Crippen LogP contribution in [0.5, 0.6) is 0 Å². The van der Waals surface area contributed by atoms with Crippen LogP contribution < -0.4 is 5.63 Å². The molecule has 66 valence electrons. The summed E-state index contributed by atoms with van der Waals surface area (Å²) in [5, 5.41) is 0.538. The van der Waals surface area contributed by atoms with Gasteiger partial charge in [0, 0.05) is 6.92 Å². The summed E-state index contributed by atoms with van der Waals surface area (Å²) < 4.78 is 4.86. The molecule has 3 nitrogen and oxygen atoms in total. The molecule has 1 heterocycles. The van der Waals surface area contributed by atoms with E-state index in [1.54, 1.807) is 13.0 Å². The lowest BCUT2D eigenvalue weighted by molar-refractivity contribution is 0.467. The average molecular weight is 175 g/mol. The Morgan fingerprint density at radius 1 is 1.31 bits per heavy atom. The molecule has 0 N–H and O–H groups in total. The SMILES string of the molecule is Cc1ccc2c(=O)oc(C)nc2c1. The zero-order chi connectivity index (χ0) is 9.42. The van der Waals surface area contributed by atoms with Crippen molar-refractivity contribution in [2.24, 2.45) is 0 Å². The first-order chi connectivity index (χ1) is 6.16. The smallest absolute Gasteiger partial charge is 0.346 e. The Hall–Kier alpha value is -1.64. The lowest BCUT2D eigenvalue weighted by atomic mass is 10.2. The van der Waals surface area contributed by atoms with Gasteiger partial charge in [0.25, 0.3) is 0 Å². The average Bonchev–Trinajstić information content (AvgIpc) is 2.02. The molecule has 0 aliphatic heterocycles. The molecule has 0 saturated heterocycles. The van der Waals surface area contributed by atoms with E-state index >= 15 is 0 Å². The highest BCUT2D eigenvalue weighted by Gasteiger charge is 2.02. The zero-order valence-corrected chi connectivity index (χ0v) is 7.50. The molecular formula is C10H9NO2. The molecule has 3 heteroatoms. The minimum absolute atomic E-state index is 0.317. The Morgan fingerprint density at radius 3 is 2.85 bits per heavy atom. The number of rotatable bonds is 0. The van der Waals surface area contributed by atoms with Crippen molar-refractivity contribution in [2.45, 2.75) is 13.8 Å². The largest absolute Gasteiger partial charge is 0.408 e. The quantitative estimate of drug-likeness (QED) is 0.613. The minimum Gasteiger partial charge on any atom is -0.408 e. The van der Waals surface area contributed by atoms with Gasteiger partial charge in [-0.15, -0.1) is 0 Å². The van der Waals surface area contributed by atoms with Crippen molar-refractivity contribution in [3.63, 3.8) is 0 Å². The molecule has 0 atom stereocenters. The Morgan fingerprint density at radius 2 is 2.08 bits per heavy atom. The van der Waals surface area contributed by atoms with Crippen molar-refractivity contribution < 1.29 is 4.42 Å². The molecule has 0 saturated carbocycles. The predicted molar refractivity (Wildman–Crippen MR) is 49.8 cm³/mol. The van der Waals surface area contributed by atoms with Crippen LogP contribution in [0, 0.1) is 13.8 Å². The maximum absolute atomic E-state index is 11.3. The van der Waals surface area contributed by atoms with Crippen LogP contribution in [0.2, 0.25) is 0 Å². The molecule has 0 aliphatic rings. The van der Waals surface area contributed by atoms with Crippen molar-refractivity contribution in [3.05, 3.63) is 40.1 Å². The second-order valence-electron chi connectivity index (χ2n) is 3.04. The standard InChI is InChI=1S/C10H9NO2/c1-6-3-4-8-9(5-6)11-7(2)13-10(8)12/h3-5H,1-2H3. The minimum atomic E-state index is -0.317. The van der Waals surface area contributed by atoms with Crippen LogP contribution in [0.25, 0.3) is 10.9 Å². The Bertz CT molecular complexity index is 509. The van der Waals surface area contributed by atoms with Gasteiger partial charge < -0.3 is 4.42 Å². The monoisotopic (exact) mass is 175 g/mol. The van der Waals surface area contributed by atoms with Crippen molar-refractivity contribution in [2.75, 3.05) is 0 Å². The first-order valence-electron chi connectivity index (χ1n) is 4.05. The Labute approximate surface area is 75.0 Å². The highest BCUT2D eigenvalue weighted by Crippen LogP contribution is 2.09. The van der Waals surface area contributed by atoms with E-state index in [1.807, 2.05) is 19.1 Å². The van der Waals surface area contributed by atoms with E-state index in [-0.39, 0.29) is 5.63 Å². The van der Waals surface area contributed by atoms with Crippen LogP contribution in [0.1, 0.15) is 11.5 Å². The van der Waals surface area contributed by atoms with Crippen molar-refractivity contribution in [1.82, 2.24) is 4.98 Å².